The molecular formula is C10H14. The second-order valence-corrected chi connectivity index (χ2v) is 1.95. The van der Waals surface area contributed by atoms with Crippen LogP contribution in [0.3, 0.4) is 0 Å². The molecule has 0 rings (SSSR count). The van der Waals surface area contributed by atoms with E-state index in [9.17, 15) is 0 Å². The van der Waals surface area contributed by atoms with Crippen LogP contribution in [0.1, 0.15) is 13.3 Å². The molecule has 0 bridgehead atoms. The fourth-order valence-electron chi connectivity index (χ4n) is 0.625. The molecule has 0 aliphatic rings. The van der Waals surface area contributed by atoms with Crippen LogP contribution < -0.4 is 0 Å². The van der Waals surface area contributed by atoms with Crippen LogP contribution >= 0.6 is 0 Å². The van der Waals surface area contributed by atoms with Crippen molar-refractivity contribution in [2.24, 2.45) is 0 Å². The molecule has 0 saturated heterocycles. The summed E-state index contributed by atoms with van der Waals surface area (Å²) in [5, 5.41) is 0. The van der Waals surface area contributed by atoms with Gasteiger partial charge in [0.05, 0.1) is 0 Å². The Morgan fingerprint density at radius 2 is 2.10 bits per heavy atom. The lowest BCUT2D eigenvalue weighted by atomic mass is 10.1. The molecular weight excluding hydrogens is 120 g/mol. The van der Waals surface area contributed by atoms with Crippen molar-refractivity contribution >= 4 is 0 Å². The lowest BCUT2D eigenvalue weighted by Crippen LogP contribution is -1.71. The third-order valence-corrected chi connectivity index (χ3v) is 1.18. The van der Waals surface area contributed by atoms with Crippen LogP contribution in [0.5, 0.6) is 0 Å². The summed E-state index contributed by atoms with van der Waals surface area (Å²) in [6, 6.07) is 0. The second-order valence-electron chi connectivity index (χ2n) is 1.95. The molecule has 0 amide bonds. The molecule has 10 heavy (non-hydrogen) atoms. The third-order valence-electron chi connectivity index (χ3n) is 1.18. The minimum atomic E-state index is 0.950. The van der Waals surface area contributed by atoms with Gasteiger partial charge in [-0.1, -0.05) is 43.5 Å². The van der Waals surface area contributed by atoms with E-state index < -0.39 is 0 Å². The highest BCUT2D eigenvalue weighted by atomic mass is 13.9. The monoisotopic (exact) mass is 134 g/mol. The van der Waals surface area contributed by atoms with Gasteiger partial charge in [-0.3, -0.25) is 0 Å². The molecule has 0 aliphatic carbocycles. The maximum atomic E-state index is 3.68. The van der Waals surface area contributed by atoms with Crippen molar-refractivity contribution in [1.82, 2.24) is 0 Å². The van der Waals surface area contributed by atoms with E-state index in [2.05, 4.69) is 19.2 Å². The second kappa shape index (κ2) is 6.09. The quantitative estimate of drug-likeness (QED) is 0.409. The smallest absolute Gasteiger partial charge is 0.00978 e. The van der Waals surface area contributed by atoms with Gasteiger partial charge in [0.15, 0.2) is 0 Å². The number of hydrogen-bond acceptors (Lipinski definition) is 0. The molecule has 0 atom stereocenters. The van der Waals surface area contributed by atoms with Gasteiger partial charge in [-0.05, 0) is 18.9 Å². The summed E-state index contributed by atoms with van der Waals surface area (Å²) in [7, 11) is 0. The molecule has 0 N–H and O–H groups in total. The Morgan fingerprint density at radius 1 is 1.40 bits per heavy atom. The van der Waals surface area contributed by atoms with Gasteiger partial charge in [0.25, 0.3) is 0 Å². The first-order valence-electron chi connectivity index (χ1n) is 3.40. The average molecular weight is 134 g/mol. The van der Waals surface area contributed by atoms with Crippen molar-refractivity contribution < 1.29 is 0 Å². The Hall–Kier alpha value is -1.04. The van der Waals surface area contributed by atoms with Crippen molar-refractivity contribution in [1.29, 1.82) is 0 Å². The lowest BCUT2D eigenvalue weighted by Gasteiger charge is -1.91. The third kappa shape index (κ3) is 3.90. The van der Waals surface area contributed by atoms with Crippen molar-refractivity contribution in [2.45, 2.75) is 13.3 Å². The van der Waals surface area contributed by atoms with Crippen molar-refractivity contribution in [3.63, 3.8) is 0 Å². The summed E-state index contributed by atoms with van der Waals surface area (Å²) in [6.45, 7) is 9.30. The van der Waals surface area contributed by atoms with E-state index in [4.69, 9.17) is 0 Å². The van der Waals surface area contributed by atoms with Crippen LogP contribution in [0.4, 0.5) is 0 Å². The van der Waals surface area contributed by atoms with Gasteiger partial charge in [0.1, 0.15) is 0 Å². The Bertz CT molecular complexity index is 159. The zero-order chi connectivity index (χ0) is 7.82. The zero-order valence-corrected chi connectivity index (χ0v) is 6.51. The van der Waals surface area contributed by atoms with E-state index in [-0.39, 0.29) is 0 Å². The first-order chi connectivity index (χ1) is 4.85. The molecule has 0 saturated carbocycles. The average Bonchev–Trinajstić information content (AvgIpc) is 1.98. The number of hydrogen-bond donors (Lipinski definition) is 0. The standard InChI is InChI=1S/C10H14/c1-4-7-9-10(6-3)8-5-2/h4-8H,2-3,9H2,1H3/b7-4-,10-8+. The highest BCUT2D eigenvalue weighted by Crippen LogP contribution is 2.02. The Morgan fingerprint density at radius 3 is 2.50 bits per heavy atom. The van der Waals surface area contributed by atoms with Gasteiger partial charge in [-0.25, -0.2) is 0 Å². The van der Waals surface area contributed by atoms with Crippen molar-refractivity contribution in [3.8, 4) is 0 Å². The van der Waals surface area contributed by atoms with Crippen LogP contribution in [0.15, 0.2) is 49.1 Å². The highest BCUT2D eigenvalue weighted by Gasteiger charge is 1.82. The van der Waals surface area contributed by atoms with Crippen molar-refractivity contribution in [3.05, 3.63) is 49.1 Å². The molecule has 0 nitrogen and oxygen atoms in total. The molecule has 0 aliphatic heterocycles. The van der Waals surface area contributed by atoms with E-state index in [0.29, 0.717) is 0 Å². The first-order valence-corrected chi connectivity index (χ1v) is 3.40. The Balaban J connectivity index is 3.94. The Kier molecular flexibility index (Phi) is 5.45. The van der Waals surface area contributed by atoms with Crippen LogP contribution in [0, 0.1) is 0 Å². The Labute approximate surface area is 63.3 Å². The summed E-state index contributed by atoms with van der Waals surface area (Å²) in [5.41, 5.74) is 1.20. The van der Waals surface area contributed by atoms with Crippen LogP contribution in [0.25, 0.3) is 0 Å². The van der Waals surface area contributed by atoms with Gasteiger partial charge in [-0.15, -0.1) is 0 Å². The topological polar surface area (TPSA) is 0 Å². The van der Waals surface area contributed by atoms with E-state index in [1.807, 2.05) is 25.2 Å². The molecule has 0 aromatic heterocycles. The molecule has 0 fully saturated rings. The van der Waals surface area contributed by atoms with Gasteiger partial charge in [0, 0.05) is 0 Å². The summed E-state index contributed by atoms with van der Waals surface area (Å²) in [4.78, 5) is 0. The summed E-state index contributed by atoms with van der Waals surface area (Å²) >= 11 is 0. The van der Waals surface area contributed by atoms with Gasteiger partial charge in [0.2, 0.25) is 0 Å². The van der Waals surface area contributed by atoms with Crippen LogP contribution in [-0.2, 0) is 0 Å². The van der Waals surface area contributed by atoms with Crippen LogP contribution in [0.2, 0.25) is 0 Å². The molecule has 0 heteroatoms. The van der Waals surface area contributed by atoms with Gasteiger partial charge in [-0.2, -0.15) is 0 Å². The SMILES string of the molecule is C=C/C=C(\C=C)C/C=C\C. The molecule has 0 radical (unpaired) electrons. The van der Waals surface area contributed by atoms with Gasteiger partial charge >= 0.3 is 0 Å². The number of allylic oxidation sites excluding steroid dienone is 6. The maximum Gasteiger partial charge on any atom is -0.00978 e. The van der Waals surface area contributed by atoms with E-state index in [1.165, 1.54) is 5.57 Å². The molecule has 0 aromatic carbocycles. The predicted molar refractivity (Wildman–Crippen MR) is 47.9 cm³/mol. The summed E-state index contributed by atoms with van der Waals surface area (Å²) in [5.74, 6) is 0. The summed E-state index contributed by atoms with van der Waals surface area (Å²) in [6.07, 6.45) is 10.7. The fraction of sp³-hybridized carbons (Fsp3) is 0.200. The highest BCUT2D eigenvalue weighted by molar-refractivity contribution is 5.23. The van der Waals surface area contributed by atoms with Crippen LogP contribution in [-0.4, -0.2) is 0 Å². The van der Waals surface area contributed by atoms with Crippen molar-refractivity contribution in [2.75, 3.05) is 0 Å². The summed E-state index contributed by atoms with van der Waals surface area (Å²) < 4.78 is 0. The minimum Gasteiger partial charge on any atom is -0.0991 e. The molecule has 0 spiro atoms. The van der Waals surface area contributed by atoms with E-state index >= 15 is 0 Å². The van der Waals surface area contributed by atoms with E-state index in [1.54, 1.807) is 6.08 Å². The largest absolute Gasteiger partial charge is 0.0991 e. The zero-order valence-electron chi connectivity index (χ0n) is 6.51. The lowest BCUT2D eigenvalue weighted by molar-refractivity contribution is 1.28. The molecule has 54 valence electrons. The fourth-order valence-corrected chi connectivity index (χ4v) is 0.625. The predicted octanol–water partition coefficient (Wildman–Crippen LogP) is 3.25. The normalized spacial score (nSPS) is 11.9. The molecule has 0 unspecified atom stereocenters. The molecule has 0 aromatic rings. The minimum absolute atomic E-state index is 0.950. The first kappa shape index (κ1) is 8.96. The number of rotatable bonds is 4. The van der Waals surface area contributed by atoms with Gasteiger partial charge < -0.3 is 0 Å². The maximum absolute atomic E-state index is 3.68. The van der Waals surface area contributed by atoms with E-state index in [0.717, 1.165) is 6.42 Å². The molecule has 0 heterocycles.